The molecule has 0 aromatic carbocycles. The molecule has 1 aliphatic heterocycles. The first-order chi connectivity index (χ1) is 12.2. The first-order valence-electron chi connectivity index (χ1n) is 8.64. The fourth-order valence-corrected chi connectivity index (χ4v) is 4.86. The van der Waals surface area contributed by atoms with E-state index in [-0.39, 0.29) is 6.10 Å². The van der Waals surface area contributed by atoms with Crippen LogP contribution < -0.4 is 0 Å². The summed E-state index contributed by atoms with van der Waals surface area (Å²) in [5.74, 6) is 1.99. The van der Waals surface area contributed by atoms with E-state index in [9.17, 15) is 5.11 Å². The van der Waals surface area contributed by atoms with Crippen LogP contribution in [-0.4, -0.2) is 28.1 Å². The number of oxazole rings is 1. The Hall–Kier alpha value is -1.47. The fourth-order valence-electron chi connectivity index (χ4n) is 3.41. The summed E-state index contributed by atoms with van der Waals surface area (Å²) in [5, 5.41) is 14.6. The summed E-state index contributed by atoms with van der Waals surface area (Å²) in [6.07, 6.45) is 1.72. The van der Waals surface area contributed by atoms with Gasteiger partial charge < -0.3 is 9.52 Å². The van der Waals surface area contributed by atoms with E-state index >= 15 is 0 Å². The van der Waals surface area contributed by atoms with Crippen molar-refractivity contribution in [1.29, 1.82) is 0 Å². The number of hydrogen-bond donors (Lipinski definition) is 1. The highest BCUT2D eigenvalue weighted by Crippen LogP contribution is 2.33. The predicted octanol–water partition coefficient (Wildman–Crippen LogP) is 4.72. The maximum absolute atomic E-state index is 10.5. The van der Waals surface area contributed by atoms with Gasteiger partial charge in [0.25, 0.3) is 0 Å². The maximum atomic E-state index is 10.5. The molecule has 1 atom stereocenters. The minimum absolute atomic E-state index is 0.318. The molecule has 1 unspecified atom stereocenters. The maximum Gasteiger partial charge on any atom is 0.236 e. The number of aliphatic hydroxyl groups excluding tert-OH is 1. The zero-order valence-electron chi connectivity index (χ0n) is 14.2. The molecule has 0 amide bonds. The minimum Gasteiger partial charge on any atom is -0.440 e. The molecule has 1 fully saturated rings. The van der Waals surface area contributed by atoms with Gasteiger partial charge in [-0.2, -0.15) is 0 Å². The van der Waals surface area contributed by atoms with E-state index in [4.69, 9.17) is 9.40 Å². The summed E-state index contributed by atoms with van der Waals surface area (Å²) < 4.78 is 5.84. The number of aryl methyl sites for hydroxylation is 1. The van der Waals surface area contributed by atoms with E-state index in [1.54, 1.807) is 22.7 Å². The van der Waals surface area contributed by atoms with E-state index in [1.807, 2.05) is 41.9 Å². The molecule has 0 spiro atoms. The quantitative estimate of drug-likeness (QED) is 0.702. The molecule has 3 aromatic rings. The van der Waals surface area contributed by atoms with Crippen LogP contribution in [0.4, 0.5) is 0 Å². The van der Waals surface area contributed by atoms with Gasteiger partial charge in [0.2, 0.25) is 5.89 Å². The molecule has 4 nitrogen and oxygen atoms in total. The second kappa shape index (κ2) is 7.41. The molecule has 4 heterocycles. The van der Waals surface area contributed by atoms with E-state index in [0.717, 1.165) is 59.6 Å². The standard InChI is InChI=1S/C19H22N2O2S2/c1-13-15(20-19(23-13)17-5-3-11-25-17)12-21-8-6-14(7-9-21)18(22)16-4-2-10-24-16/h2-5,10-11,14,18,22H,6-9,12H2,1H3. The number of nitrogens with zero attached hydrogens (tertiary/aromatic N) is 2. The summed E-state index contributed by atoms with van der Waals surface area (Å²) in [6, 6.07) is 8.10. The summed E-state index contributed by atoms with van der Waals surface area (Å²) in [4.78, 5) is 9.28. The second-order valence-electron chi connectivity index (χ2n) is 6.57. The van der Waals surface area contributed by atoms with Crippen molar-refractivity contribution < 1.29 is 9.52 Å². The first kappa shape index (κ1) is 17.0. The van der Waals surface area contributed by atoms with Crippen LogP contribution in [0, 0.1) is 12.8 Å². The Morgan fingerprint density at radius 2 is 2.00 bits per heavy atom. The number of thiophene rings is 2. The zero-order valence-corrected chi connectivity index (χ0v) is 15.9. The van der Waals surface area contributed by atoms with Crippen LogP contribution >= 0.6 is 22.7 Å². The van der Waals surface area contributed by atoms with Gasteiger partial charge in [-0.05, 0) is 61.7 Å². The lowest BCUT2D eigenvalue weighted by Crippen LogP contribution is -2.35. The number of aromatic nitrogens is 1. The van der Waals surface area contributed by atoms with Crippen LogP contribution in [-0.2, 0) is 6.54 Å². The molecule has 0 saturated carbocycles. The van der Waals surface area contributed by atoms with E-state index in [0.29, 0.717) is 5.92 Å². The average molecular weight is 375 g/mol. The third kappa shape index (κ3) is 3.72. The first-order valence-corrected chi connectivity index (χ1v) is 10.4. The van der Waals surface area contributed by atoms with Crippen LogP contribution in [0.15, 0.2) is 39.4 Å². The summed E-state index contributed by atoms with van der Waals surface area (Å²) in [7, 11) is 0. The Balaban J connectivity index is 1.36. The normalized spacial score (nSPS) is 17.8. The average Bonchev–Trinajstić information content (AvgIpc) is 3.38. The molecule has 0 aliphatic carbocycles. The van der Waals surface area contributed by atoms with Crippen molar-refractivity contribution in [1.82, 2.24) is 9.88 Å². The van der Waals surface area contributed by atoms with Gasteiger partial charge in [-0.1, -0.05) is 12.1 Å². The van der Waals surface area contributed by atoms with Crippen LogP contribution in [0.3, 0.4) is 0 Å². The van der Waals surface area contributed by atoms with Crippen molar-refractivity contribution >= 4 is 22.7 Å². The SMILES string of the molecule is Cc1oc(-c2cccs2)nc1CN1CCC(C(O)c2cccs2)CC1. The van der Waals surface area contributed by atoms with Gasteiger partial charge in [0, 0.05) is 11.4 Å². The summed E-state index contributed by atoms with van der Waals surface area (Å²) >= 11 is 3.30. The Bertz CT molecular complexity index is 788. The van der Waals surface area contributed by atoms with Gasteiger partial charge in [-0.25, -0.2) is 4.98 Å². The number of piperidine rings is 1. The lowest BCUT2D eigenvalue weighted by molar-refractivity contribution is 0.0586. The Morgan fingerprint density at radius 1 is 1.24 bits per heavy atom. The molecule has 132 valence electrons. The smallest absolute Gasteiger partial charge is 0.236 e. The highest BCUT2D eigenvalue weighted by Gasteiger charge is 2.27. The van der Waals surface area contributed by atoms with Crippen LogP contribution in [0.2, 0.25) is 0 Å². The Morgan fingerprint density at radius 3 is 2.68 bits per heavy atom. The molecule has 1 saturated heterocycles. The minimum atomic E-state index is -0.318. The van der Waals surface area contributed by atoms with E-state index < -0.39 is 0 Å². The van der Waals surface area contributed by atoms with Crippen molar-refractivity contribution in [3.05, 3.63) is 51.4 Å². The molecule has 0 radical (unpaired) electrons. The highest BCUT2D eigenvalue weighted by molar-refractivity contribution is 7.13. The van der Waals surface area contributed by atoms with Crippen LogP contribution in [0.1, 0.15) is 35.3 Å². The number of likely N-dealkylation sites (tertiary alicyclic amines) is 1. The van der Waals surface area contributed by atoms with Crippen molar-refractivity contribution in [3.63, 3.8) is 0 Å². The largest absolute Gasteiger partial charge is 0.440 e. The van der Waals surface area contributed by atoms with Crippen molar-refractivity contribution in [2.45, 2.75) is 32.4 Å². The molecular weight excluding hydrogens is 352 g/mol. The topological polar surface area (TPSA) is 49.5 Å². The lowest BCUT2D eigenvalue weighted by Gasteiger charge is -2.33. The van der Waals surface area contributed by atoms with Gasteiger partial charge in [0.15, 0.2) is 0 Å². The molecule has 1 aliphatic rings. The van der Waals surface area contributed by atoms with Crippen molar-refractivity contribution in [2.75, 3.05) is 13.1 Å². The van der Waals surface area contributed by atoms with Gasteiger partial charge in [-0.3, -0.25) is 4.90 Å². The highest BCUT2D eigenvalue weighted by atomic mass is 32.1. The fraction of sp³-hybridized carbons (Fsp3) is 0.421. The van der Waals surface area contributed by atoms with Crippen LogP contribution in [0.5, 0.6) is 0 Å². The zero-order chi connectivity index (χ0) is 17.2. The Labute approximate surface area is 155 Å². The van der Waals surface area contributed by atoms with Crippen molar-refractivity contribution in [3.8, 4) is 10.8 Å². The molecule has 4 rings (SSSR count). The monoisotopic (exact) mass is 374 g/mol. The van der Waals surface area contributed by atoms with E-state index in [2.05, 4.69) is 4.90 Å². The second-order valence-corrected chi connectivity index (χ2v) is 8.50. The van der Waals surface area contributed by atoms with E-state index in [1.165, 1.54) is 0 Å². The van der Waals surface area contributed by atoms with Gasteiger partial charge >= 0.3 is 0 Å². The van der Waals surface area contributed by atoms with Gasteiger partial charge in [0.1, 0.15) is 5.76 Å². The molecule has 0 bridgehead atoms. The van der Waals surface area contributed by atoms with Crippen LogP contribution in [0.25, 0.3) is 10.8 Å². The van der Waals surface area contributed by atoms with Gasteiger partial charge in [-0.15, -0.1) is 22.7 Å². The molecule has 25 heavy (non-hydrogen) atoms. The Kier molecular flexibility index (Phi) is 5.03. The lowest BCUT2D eigenvalue weighted by atomic mass is 9.90. The summed E-state index contributed by atoms with van der Waals surface area (Å²) in [6.45, 7) is 4.80. The third-order valence-electron chi connectivity index (χ3n) is 4.91. The predicted molar refractivity (Wildman–Crippen MR) is 102 cm³/mol. The molecule has 1 N–H and O–H groups in total. The summed E-state index contributed by atoms with van der Waals surface area (Å²) in [5.41, 5.74) is 1.03. The third-order valence-corrected chi connectivity index (χ3v) is 6.71. The van der Waals surface area contributed by atoms with Crippen molar-refractivity contribution in [2.24, 2.45) is 5.92 Å². The molecule has 3 aromatic heterocycles. The van der Waals surface area contributed by atoms with Gasteiger partial charge in [0.05, 0.1) is 16.7 Å². The number of rotatable bonds is 5. The molecular formula is C19H22N2O2S2. The number of hydrogen-bond acceptors (Lipinski definition) is 6. The molecule has 6 heteroatoms. The number of aliphatic hydroxyl groups is 1.